The van der Waals surface area contributed by atoms with Gasteiger partial charge in [-0.3, -0.25) is 10.1 Å². The van der Waals surface area contributed by atoms with Gasteiger partial charge in [0.25, 0.3) is 5.56 Å². The molecule has 0 saturated heterocycles. The first kappa shape index (κ1) is 16.5. The number of aromatic amines is 1. The van der Waals surface area contributed by atoms with Crippen LogP contribution < -0.4 is 10.9 Å². The van der Waals surface area contributed by atoms with Gasteiger partial charge in [0.2, 0.25) is 0 Å². The molecule has 0 spiro atoms. The second-order valence-electron chi connectivity index (χ2n) is 5.13. The Bertz CT molecular complexity index is 610. The summed E-state index contributed by atoms with van der Waals surface area (Å²) in [5.74, 6) is -0.788. The summed E-state index contributed by atoms with van der Waals surface area (Å²) >= 11 is 0. The quantitative estimate of drug-likeness (QED) is 0.649. The van der Waals surface area contributed by atoms with E-state index in [0.29, 0.717) is 0 Å². The third-order valence-corrected chi connectivity index (χ3v) is 2.19. The van der Waals surface area contributed by atoms with Crippen LogP contribution in [0.15, 0.2) is 28.8 Å². The Labute approximate surface area is 122 Å². The van der Waals surface area contributed by atoms with Gasteiger partial charge in [-0.2, -0.15) is 0 Å². The Kier molecular flexibility index (Phi) is 5.29. The summed E-state index contributed by atoms with van der Waals surface area (Å²) in [5.41, 5.74) is -1.10. The smallest absolute Gasteiger partial charge is 0.412 e. The van der Waals surface area contributed by atoms with Crippen molar-refractivity contribution in [2.24, 2.45) is 0 Å². The van der Waals surface area contributed by atoms with E-state index in [1.165, 1.54) is 25.4 Å². The van der Waals surface area contributed by atoms with Crippen molar-refractivity contribution < 1.29 is 19.1 Å². The minimum atomic E-state index is -0.813. The zero-order valence-corrected chi connectivity index (χ0v) is 12.4. The Hall–Kier alpha value is -2.57. The minimum absolute atomic E-state index is 0.191. The molecule has 1 aromatic heterocycles. The average molecular weight is 294 g/mol. The lowest BCUT2D eigenvalue weighted by atomic mass is 10.2. The number of aromatic nitrogens is 1. The number of hydrogen-bond acceptors (Lipinski definition) is 5. The van der Waals surface area contributed by atoms with Gasteiger partial charge in [0.1, 0.15) is 11.3 Å². The molecule has 0 saturated carbocycles. The lowest BCUT2D eigenvalue weighted by Gasteiger charge is -2.20. The predicted octanol–water partition coefficient (Wildman–Crippen LogP) is 1.41. The maximum Gasteiger partial charge on any atom is 0.412 e. The number of methoxy groups -OCH3 is 1. The number of esters is 1. The lowest BCUT2D eigenvalue weighted by Crippen LogP contribution is -2.34. The molecule has 1 amide bonds. The number of H-pyrrole nitrogens is 1. The summed E-state index contributed by atoms with van der Waals surface area (Å²) in [5, 5.41) is 2.27. The normalized spacial score (nSPS) is 11.7. The number of carbonyl (C=O) groups excluding carboxylic acids is 2. The summed E-state index contributed by atoms with van der Waals surface area (Å²) in [7, 11) is 1.17. The van der Waals surface area contributed by atoms with E-state index < -0.39 is 23.2 Å². The molecule has 114 valence electrons. The van der Waals surface area contributed by atoms with E-state index in [2.05, 4.69) is 15.0 Å². The molecule has 0 aliphatic rings. The van der Waals surface area contributed by atoms with Crippen molar-refractivity contribution in [3.05, 3.63) is 39.9 Å². The first-order valence-electron chi connectivity index (χ1n) is 6.20. The van der Waals surface area contributed by atoms with E-state index in [1.807, 2.05) is 0 Å². The zero-order valence-electron chi connectivity index (χ0n) is 12.4. The first-order valence-corrected chi connectivity index (χ1v) is 6.20. The van der Waals surface area contributed by atoms with Gasteiger partial charge in [0.05, 0.1) is 7.11 Å². The highest BCUT2D eigenvalue weighted by molar-refractivity contribution is 5.96. The Balaban J connectivity index is 3.03. The standard InChI is InChI=1S/C14H18N2O5/c1-14(2,3)21-13(19)16-10(12(18)20-4)8-9-6-5-7-15-11(9)17/h5-8H,1-4H3,(H,15,17)(H,16,19)/b10-8-. The predicted molar refractivity (Wildman–Crippen MR) is 76.4 cm³/mol. The second-order valence-corrected chi connectivity index (χ2v) is 5.13. The van der Waals surface area contributed by atoms with Crippen LogP contribution in [-0.2, 0) is 14.3 Å². The third-order valence-electron chi connectivity index (χ3n) is 2.19. The fourth-order valence-corrected chi connectivity index (χ4v) is 1.37. The Morgan fingerprint density at radius 2 is 2.00 bits per heavy atom. The molecule has 7 heteroatoms. The number of ether oxygens (including phenoxy) is 2. The van der Waals surface area contributed by atoms with Crippen molar-refractivity contribution in [3.63, 3.8) is 0 Å². The van der Waals surface area contributed by atoms with Crippen LogP contribution in [0.2, 0.25) is 0 Å². The molecule has 0 atom stereocenters. The Morgan fingerprint density at radius 3 is 2.52 bits per heavy atom. The largest absolute Gasteiger partial charge is 0.464 e. The van der Waals surface area contributed by atoms with Crippen molar-refractivity contribution >= 4 is 18.1 Å². The molecule has 2 N–H and O–H groups in total. The fourth-order valence-electron chi connectivity index (χ4n) is 1.37. The number of rotatable bonds is 3. The monoisotopic (exact) mass is 294 g/mol. The lowest BCUT2D eigenvalue weighted by molar-refractivity contribution is -0.136. The highest BCUT2D eigenvalue weighted by Crippen LogP contribution is 2.08. The molecule has 1 heterocycles. The summed E-state index contributed by atoms with van der Waals surface area (Å²) in [6.07, 6.45) is 1.86. The molecule has 0 bridgehead atoms. The zero-order chi connectivity index (χ0) is 16.0. The molecular weight excluding hydrogens is 276 g/mol. The van der Waals surface area contributed by atoms with Crippen molar-refractivity contribution in [1.29, 1.82) is 0 Å². The SMILES string of the molecule is COC(=O)/C(=C/c1ccc[nH]c1=O)NC(=O)OC(C)(C)C. The van der Waals surface area contributed by atoms with Crippen molar-refractivity contribution in [2.75, 3.05) is 7.11 Å². The topological polar surface area (TPSA) is 97.5 Å². The van der Waals surface area contributed by atoms with Gasteiger partial charge in [-0.1, -0.05) is 0 Å². The van der Waals surface area contributed by atoms with Gasteiger partial charge >= 0.3 is 12.1 Å². The average Bonchev–Trinajstić information content (AvgIpc) is 2.37. The van der Waals surface area contributed by atoms with Crippen LogP contribution in [0.4, 0.5) is 4.79 Å². The van der Waals surface area contributed by atoms with Gasteiger partial charge in [0.15, 0.2) is 0 Å². The summed E-state index contributed by atoms with van der Waals surface area (Å²) in [4.78, 5) is 37.4. The van der Waals surface area contributed by atoms with Crippen molar-refractivity contribution in [3.8, 4) is 0 Å². The van der Waals surface area contributed by atoms with Crippen LogP contribution in [0, 0.1) is 0 Å². The van der Waals surface area contributed by atoms with E-state index in [0.717, 1.165) is 0 Å². The summed E-state index contributed by atoms with van der Waals surface area (Å²) in [6.45, 7) is 5.07. The van der Waals surface area contributed by atoms with E-state index in [-0.39, 0.29) is 11.3 Å². The molecule has 0 unspecified atom stereocenters. The molecule has 7 nitrogen and oxygen atoms in total. The molecule has 0 aliphatic heterocycles. The van der Waals surface area contributed by atoms with E-state index in [4.69, 9.17) is 4.74 Å². The highest BCUT2D eigenvalue weighted by atomic mass is 16.6. The number of nitrogens with one attached hydrogen (secondary N) is 2. The van der Waals surface area contributed by atoms with Gasteiger partial charge in [-0.25, -0.2) is 9.59 Å². The van der Waals surface area contributed by atoms with Crippen LogP contribution >= 0.6 is 0 Å². The van der Waals surface area contributed by atoms with Gasteiger partial charge in [-0.15, -0.1) is 0 Å². The number of pyridine rings is 1. The number of amides is 1. The molecular formula is C14H18N2O5. The summed E-state index contributed by atoms with van der Waals surface area (Å²) < 4.78 is 9.61. The minimum Gasteiger partial charge on any atom is -0.464 e. The third kappa shape index (κ3) is 5.52. The molecule has 1 aromatic rings. The van der Waals surface area contributed by atoms with Crippen LogP contribution in [0.5, 0.6) is 0 Å². The Morgan fingerprint density at radius 1 is 1.33 bits per heavy atom. The number of carbonyl (C=O) groups is 2. The van der Waals surface area contributed by atoms with Crippen molar-refractivity contribution in [2.45, 2.75) is 26.4 Å². The molecule has 21 heavy (non-hydrogen) atoms. The van der Waals surface area contributed by atoms with E-state index in [1.54, 1.807) is 26.8 Å². The maximum absolute atomic E-state index is 11.7. The van der Waals surface area contributed by atoms with Crippen molar-refractivity contribution in [1.82, 2.24) is 10.3 Å². The number of hydrogen-bond donors (Lipinski definition) is 2. The van der Waals surface area contributed by atoms with Gasteiger partial charge in [-0.05, 0) is 39.0 Å². The fraction of sp³-hybridized carbons (Fsp3) is 0.357. The van der Waals surface area contributed by atoms with Crippen LogP contribution in [0.3, 0.4) is 0 Å². The van der Waals surface area contributed by atoms with Crippen LogP contribution in [0.1, 0.15) is 26.3 Å². The van der Waals surface area contributed by atoms with E-state index >= 15 is 0 Å². The van der Waals surface area contributed by atoms with E-state index in [9.17, 15) is 14.4 Å². The van der Waals surface area contributed by atoms with Gasteiger partial charge in [0, 0.05) is 11.8 Å². The molecule has 0 radical (unpaired) electrons. The molecule has 0 fully saturated rings. The summed E-state index contributed by atoms with van der Waals surface area (Å²) in [6, 6.07) is 3.09. The first-order chi connectivity index (χ1) is 9.73. The van der Waals surface area contributed by atoms with Crippen LogP contribution in [-0.4, -0.2) is 29.8 Å². The molecule has 0 aromatic carbocycles. The molecule has 1 rings (SSSR count). The van der Waals surface area contributed by atoms with Crippen LogP contribution in [0.25, 0.3) is 6.08 Å². The maximum atomic E-state index is 11.7. The highest BCUT2D eigenvalue weighted by Gasteiger charge is 2.20. The molecule has 0 aliphatic carbocycles. The number of alkyl carbamates (subject to hydrolysis) is 1. The second kappa shape index (κ2) is 6.74. The van der Waals surface area contributed by atoms with Gasteiger partial charge < -0.3 is 14.5 Å².